The van der Waals surface area contributed by atoms with Gasteiger partial charge in [-0.15, -0.1) is 11.3 Å². The Morgan fingerprint density at radius 2 is 2.00 bits per heavy atom. The number of halogens is 1. The van der Waals surface area contributed by atoms with E-state index in [0.717, 1.165) is 22.5 Å². The summed E-state index contributed by atoms with van der Waals surface area (Å²) in [4.78, 5) is 3.49. The van der Waals surface area contributed by atoms with Crippen molar-refractivity contribution >= 4 is 27.3 Å². The summed E-state index contributed by atoms with van der Waals surface area (Å²) in [5.41, 5.74) is 1.28. The summed E-state index contributed by atoms with van der Waals surface area (Å²) in [6.07, 6.45) is 1.09. The fraction of sp³-hybridized carbons (Fsp3) is 0.300. The fourth-order valence-electron chi connectivity index (χ4n) is 2.65. The second kappa shape index (κ2) is 9.37. The molecule has 0 amide bonds. The standard InChI is InChI=1S/C20H22BrNO3S/c1-15-8-10-26-20(15)13-22(12-19-3-2-9-24-19)11-17(23)14-25-18-6-4-16(21)5-7-18/h2-10,17,23H,11-14H2,1H3. The van der Waals surface area contributed by atoms with Crippen LogP contribution in [-0.4, -0.2) is 29.3 Å². The zero-order valence-corrected chi connectivity index (χ0v) is 17.0. The molecule has 2 heterocycles. The Kier molecular flexibility index (Phi) is 6.91. The van der Waals surface area contributed by atoms with E-state index in [9.17, 15) is 5.11 Å². The van der Waals surface area contributed by atoms with E-state index in [2.05, 4.69) is 39.2 Å². The Hall–Kier alpha value is -1.60. The summed E-state index contributed by atoms with van der Waals surface area (Å²) in [6.45, 7) is 4.30. The van der Waals surface area contributed by atoms with Gasteiger partial charge in [0.25, 0.3) is 0 Å². The summed E-state index contributed by atoms with van der Waals surface area (Å²) >= 11 is 5.14. The van der Waals surface area contributed by atoms with Gasteiger partial charge >= 0.3 is 0 Å². The van der Waals surface area contributed by atoms with E-state index in [1.807, 2.05) is 36.4 Å². The number of nitrogens with zero attached hydrogens (tertiary/aromatic N) is 1. The predicted octanol–water partition coefficient (Wildman–Crippen LogP) is 4.85. The summed E-state index contributed by atoms with van der Waals surface area (Å²) in [5, 5.41) is 12.6. The minimum atomic E-state index is -0.589. The summed E-state index contributed by atoms with van der Waals surface area (Å²) in [5.74, 6) is 1.64. The van der Waals surface area contributed by atoms with Crippen molar-refractivity contribution in [1.29, 1.82) is 0 Å². The van der Waals surface area contributed by atoms with Gasteiger partial charge in [-0.3, -0.25) is 4.90 Å². The monoisotopic (exact) mass is 435 g/mol. The molecule has 26 heavy (non-hydrogen) atoms. The van der Waals surface area contributed by atoms with Crippen LogP contribution in [0.3, 0.4) is 0 Å². The average Bonchev–Trinajstić information content (AvgIpc) is 3.27. The molecule has 2 aromatic heterocycles. The summed E-state index contributed by atoms with van der Waals surface area (Å²) in [7, 11) is 0. The van der Waals surface area contributed by atoms with Crippen molar-refractivity contribution in [3.8, 4) is 5.75 Å². The first-order chi connectivity index (χ1) is 12.6. The highest BCUT2D eigenvalue weighted by molar-refractivity contribution is 9.10. The van der Waals surface area contributed by atoms with E-state index in [4.69, 9.17) is 9.15 Å². The van der Waals surface area contributed by atoms with E-state index in [1.54, 1.807) is 17.6 Å². The number of benzene rings is 1. The number of aryl methyl sites for hydroxylation is 1. The quantitative estimate of drug-likeness (QED) is 0.521. The van der Waals surface area contributed by atoms with Crippen molar-refractivity contribution in [2.45, 2.75) is 26.1 Å². The zero-order valence-electron chi connectivity index (χ0n) is 14.6. The molecule has 1 N–H and O–H groups in total. The number of hydrogen-bond acceptors (Lipinski definition) is 5. The number of ether oxygens (including phenoxy) is 1. The minimum absolute atomic E-state index is 0.250. The normalized spacial score (nSPS) is 12.5. The zero-order chi connectivity index (χ0) is 18.4. The SMILES string of the molecule is Cc1ccsc1CN(Cc1ccco1)CC(O)COc1ccc(Br)cc1. The molecule has 0 spiro atoms. The van der Waals surface area contributed by atoms with Crippen LogP contribution in [0.4, 0.5) is 0 Å². The van der Waals surface area contributed by atoms with Crippen LogP contribution >= 0.6 is 27.3 Å². The fourth-order valence-corrected chi connectivity index (χ4v) is 3.86. The van der Waals surface area contributed by atoms with E-state index in [1.165, 1.54) is 10.4 Å². The Balaban J connectivity index is 1.58. The van der Waals surface area contributed by atoms with Gasteiger partial charge in [-0.1, -0.05) is 15.9 Å². The Bertz CT molecular complexity index is 786. The van der Waals surface area contributed by atoms with Crippen LogP contribution in [-0.2, 0) is 13.1 Å². The van der Waals surface area contributed by atoms with Crippen molar-refractivity contribution in [1.82, 2.24) is 4.90 Å². The van der Waals surface area contributed by atoms with Crippen LogP contribution in [0.25, 0.3) is 0 Å². The first kappa shape index (κ1) is 19.2. The van der Waals surface area contributed by atoms with E-state index >= 15 is 0 Å². The average molecular weight is 436 g/mol. The number of furan rings is 1. The molecule has 3 rings (SSSR count). The maximum atomic E-state index is 10.5. The molecule has 4 nitrogen and oxygen atoms in total. The van der Waals surface area contributed by atoms with Crippen molar-refractivity contribution in [3.05, 3.63) is 74.8 Å². The lowest BCUT2D eigenvalue weighted by Gasteiger charge is -2.24. The van der Waals surface area contributed by atoms with Crippen molar-refractivity contribution in [2.75, 3.05) is 13.2 Å². The summed E-state index contributed by atoms with van der Waals surface area (Å²) in [6, 6.07) is 13.6. The second-order valence-electron chi connectivity index (χ2n) is 6.19. The van der Waals surface area contributed by atoms with Gasteiger partial charge in [0.2, 0.25) is 0 Å². The van der Waals surface area contributed by atoms with Crippen molar-refractivity contribution in [3.63, 3.8) is 0 Å². The smallest absolute Gasteiger partial charge is 0.119 e. The van der Waals surface area contributed by atoms with Crippen LogP contribution < -0.4 is 4.74 Å². The number of hydrogen-bond donors (Lipinski definition) is 1. The molecule has 0 aliphatic carbocycles. The van der Waals surface area contributed by atoms with Crippen LogP contribution in [0.15, 0.2) is 63.0 Å². The maximum Gasteiger partial charge on any atom is 0.119 e. The predicted molar refractivity (Wildman–Crippen MR) is 108 cm³/mol. The molecule has 3 aromatic rings. The molecule has 1 aromatic carbocycles. The summed E-state index contributed by atoms with van der Waals surface area (Å²) < 4.78 is 12.2. The van der Waals surface area contributed by atoms with Gasteiger partial charge in [-0.25, -0.2) is 0 Å². The van der Waals surface area contributed by atoms with Gasteiger partial charge in [0.1, 0.15) is 24.2 Å². The van der Waals surface area contributed by atoms with E-state index < -0.39 is 6.10 Å². The number of thiophene rings is 1. The van der Waals surface area contributed by atoms with Gasteiger partial charge in [0.05, 0.1) is 12.8 Å². The van der Waals surface area contributed by atoms with Crippen molar-refractivity contribution < 1.29 is 14.3 Å². The molecule has 0 aliphatic rings. The van der Waals surface area contributed by atoms with Crippen LogP contribution in [0.5, 0.6) is 5.75 Å². The van der Waals surface area contributed by atoms with Crippen LogP contribution in [0.1, 0.15) is 16.2 Å². The van der Waals surface area contributed by atoms with Gasteiger partial charge in [0, 0.05) is 22.4 Å². The number of aliphatic hydroxyl groups is 1. The third-order valence-corrected chi connectivity index (χ3v) is 5.56. The van der Waals surface area contributed by atoms with Crippen LogP contribution in [0, 0.1) is 6.92 Å². The molecule has 0 bridgehead atoms. The van der Waals surface area contributed by atoms with Gasteiger partial charge < -0.3 is 14.3 Å². The first-order valence-electron chi connectivity index (χ1n) is 8.44. The minimum Gasteiger partial charge on any atom is -0.491 e. The highest BCUT2D eigenvalue weighted by Gasteiger charge is 2.16. The molecule has 1 atom stereocenters. The molecule has 0 fully saturated rings. The largest absolute Gasteiger partial charge is 0.491 e. The lowest BCUT2D eigenvalue weighted by atomic mass is 10.2. The van der Waals surface area contributed by atoms with Crippen molar-refractivity contribution in [2.24, 2.45) is 0 Å². The Labute approximate surface area is 166 Å². The highest BCUT2D eigenvalue weighted by Crippen LogP contribution is 2.20. The Morgan fingerprint density at radius 3 is 2.65 bits per heavy atom. The molecule has 1 unspecified atom stereocenters. The molecule has 6 heteroatoms. The van der Waals surface area contributed by atoms with Crippen LogP contribution in [0.2, 0.25) is 0 Å². The lowest BCUT2D eigenvalue weighted by Crippen LogP contribution is -2.35. The lowest BCUT2D eigenvalue weighted by molar-refractivity contribution is 0.0607. The maximum absolute atomic E-state index is 10.5. The molecular weight excluding hydrogens is 414 g/mol. The van der Waals surface area contributed by atoms with E-state index in [-0.39, 0.29) is 6.61 Å². The van der Waals surface area contributed by atoms with Gasteiger partial charge in [-0.05, 0) is 60.3 Å². The molecule has 0 saturated carbocycles. The third kappa shape index (κ3) is 5.71. The molecular formula is C20H22BrNO3S. The molecule has 0 radical (unpaired) electrons. The Morgan fingerprint density at radius 1 is 1.19 bits per heavy atom. The molecule has 0 aliphatic heterocycles. The highest BCUT2D eigenvalue weighted by atomic mass is 79.9. The van der Waals surface area contributed by atoms with Gasteiger partial charge in [-0.2, -0.15) is 0 Å². The number of aliphatic hydroxyl groups excluding tert-OH is 1. The topological polar surface area (TPSA) is 45.8 Å². The second-order valence-corrected chi connectivity index (χ2v) is 8.11. The first-order valence-corrected chi connectivity index (χ1v) is 10.1. The number of rotatable bonds is 9. The molecule has 0 saturated heterocycles. The molecule has 138 valence electrons. The third-order valence-electron chi connectivity index (χ3n) is 4.02. The van der Waals surface area contributed by atoms with E-state index in [0.29, 0.717) is 13.1 Å². The van der Waals surface area contributed by atoms with Gasteiger partial charge in [0.15, 0.2) is 0 Å².